The Hall–Kier alpha value is -2.37. The maximum absolute atomic E-state index is 12.4. The number of benzene rings is 2. The van der Waals surface area contributed by atoms with Crippen LogP contribution in [0.4, 0.5) is 0 Å². The highest BCUT2D eigenvalue weighted by molar-refractivity contribution is 6.31. The largest absolute Gasteiger partial charge is 0.350 e. The fourth-order valence-electron chi connectivity index (χ4n) is 2.26. The molecule has 24 heavy (non-hydrogen) atoms. The second kappa shape index (κ2) is 7.03. The Morgan fingerprint density at radius 2 is 1.79 bits per heavy atom. The minimum absolute atomic E-state index is 0.109. The first-order chi connectivity index (χ1) is 11.5. The van der Waals surface area contributed by atoms with Crippen LogP contribution in [0.2, 0.25) is 10.0 Å². The molecule has 7 heteroatoms. The second-order valence-corrected chi connectivity index (χ2v) is 6.12. The SMILES string of the molecule is O=C(Cn1cnc2ccc(Cl)cc2c1=O)NCc1ccc(Cl)cc1. The number of halogens is 2. The fraction of sp³-hybridized carbons (Fsp3) is 0.118. The van der Waals surface area contributed by atoms with Crippen molar-refractivity contribution in [2.75, 3.05) is 0 Å². The molecule has 1 aromatic heterocycles. The van der Waals surface area contributed by atoms with Crippen LogP contribution in [0.3, 0.4) is 0 Å². The van der Waals surface area contributed by atoms with E-state index in [0.717, 1.165) is 5.56 Å². The highest BCUT2D eigenvalue weighted by Gasteiger charge is 2.08. The lowest BCUT2D eigenvalue weighted by Gasteiger charge is -2.08. The molecule has 2 aromatic carbocycles. The van der Waals surface area contributed by atoms with Crippen LogP contribution in [0.25, 0.3) is 10.9 Å². The van der Waals surface area contributed by atoms with Gasteiger partial charge in [0.1, 0.15) is 6.54 Å². The molecule has 1 N–H and O–H groups in total. The van der Waals surface area contributed by atoms with E-state index in [-0.39, 0.29) is 18.0 Å². The molecule has 1 heterocycles. The van der Waals surface area contributed by atoms with Gasteiger partial charge in [-0.1, -0.05) is 35.3 Å². The van der Waals surface area contributed by atoms with E-state index >= 15 is 0 Å². The lowest BCUT2D eigenvalue weighted by Crippen LogP contribution is -2.32. The van der Waals surface area contributed by atoms with Gasteiger partial charge in [0.05, 0.1) is 17.2 Å². The summed E-state index contributed by atoms with van der Waals surface area (Å²) in [7, 11) is 0. The lowest BCUT2D eigenvalue weighted by molar-refractivity contribution is -0.121. The van der Waals surface area contributed by atoms with Gasteiger partial charge in [-0.05, 0) is 35.9 Å². The molecular formula is C17H13Cl2N3O2. The molecule has 1 amide bonds. The third-order valence-corrected chi connectivity index (χ3v) is 3.99. The van der Waals surface area contributed by atoms with Crippen LogP contribution in [0.1, 0.15) is 5.56 Å². The van der Waals surface area contributed by atoms with Crippen molar-refractivity contribution in [2.24, 2.45) is 0 Å². The average Bonchev–Trinajstić information content (AvgIpc) is 2.57. The van der Waals surface area contributed by atoms with Gasteiger partial charge in [-0.3, -0.25) is 14.2 Å². The number of aromatic nitrogens is 2. The molecule has 0 radical (unpaired) electrons. The Balaban J connectivity index is 1.72. The smallest absolute Gasteiger partial charge is 0.261 e. The van der Waals surface area contributed by atoms with E-state index in [1.807, 2.05) is 12.1 Å². The molecule has 0 atom stereocenters. The minimum Gasteiger partial charge on any atom is -0.350 e. The molecule has 0 saturated carbocycles. The van der Waals surface area contributed by atoms with Crippen molar-refractivity contribution in [3.05, 3.63) is 74.8 Å². The molecule has 0 aliphatic rings. The Morgan fingerprint density at radius 1 is 1.08 bits per heavy atom. The van der Waals surface area contributed by atoms with E-state index in [4.69, 9.17) is 23.2 Å². The summed E-state index contributed by atoms with van der Waals surface area (Å²) in [4.78, 5) is 28.6. The van der Waals surface area contributed by atoms with Gasteiger partial charge in [-0.15, -0.1) is 0 Å². The van der Waals surface area contributed by atoms with Crippen molar-refractivity contribution in [3.63, 3.8) is 0 Å². The Bertz CT molecular complexity index is 952. The quantitative estimate of drug-likeness (QED) is 0.776. The van der Waals surface area contributed by atoms with Crippen molar-refractivity contribution < 1.29 is 4.79 Å². The standard InChI is InChI=1S/C17H13Cl2N3O2/c18-12-3-1-11(2-4-12)8-20-16(23)9-22-10-21-15-6-5-13(19)7-14(15)17(22)24/h1-7,10H,8-9H2,(H,20,23). The molecule has 0 fully saturated rings. The summed E-state index contributed by atoms with van der Waals surface area (Å²) < 4.78 is 1.26. The highest BCUT2D eigenvalue weighted by Crippen LogP contribution is 2.14. The topological polar surface area (TPSA) is 64.0 Å². The van der Waals surface area contributed by atoms with E-state index in [0.29, 0.717) is 27.5 Å². The predicted octanol–water partition coefficient (Wildman–Crippen LogP) is 3.02. The number of fused-ring (bicyclic) bond motifs is 1. The maximum Gasteiger partial charge on any atom is 0.261 e. The molecule has 3 aromatic rings. The number of carbonyl (C=O) groups excluding carboxylic acids is 1. The first-order valence-electron chi connectivity index (χ1n) is 7.19. The number of rotatable bonds is 4. The first-order valence-corrected chi connectivity index (χ1v) is 7.94. The highest BCUT2D eigenvalue weighted by atomic mass is 35.5. The number of hydrogen-bond acceptors (Lipinski definition) is 3. The molecule has 0 aliphatic carbocycles. The van der Waals surface area contributed by atoms with Crippen LogP contribution in [-0.2, 0) is 17.9 Å². The average molecular weight is 362 g/mol. The van der Waals surface area contributed by atoms with E-state index in [1.54, 1.807) is 30.3 Å². The van der Waals surface area contributed by atoms with Crippen LogP contribution >= 0.6 is 23.2 Å². The summed E-state index contributed by atoms with van der Waals surface area (Å²) in [6.07, 6.45) is 1.36. The Kier molecular flexibility index (Phi) is 4.83. The van der Waals surface area contributed by atoms with Gasteiger partial charge < -0.3 is 5.32 Å². The predicted molar refractivity (Wildman–Crippen MR) is 94.3 cm³/mol. The molecule has 0 aliphatic heterocycles. The molecule has 122 valence electrons. The Morgan fingerprint density at radius 3 is 2.54 bits per heavy atom. The van der Waals surface area contributed by atoms with E-state index in [9.17, 15) is 9.59 Å². The van der Waals surface area contributed by atoms with Gasteiger partial charge >= 0.3 is 0 Å². The summed E-state index contributed by atoms with van der Waals surface area (Å²) in [5.74, 6) is -0.282. The zero-order chi connectivity index (χ0) is 17.1. The molecule has 5 nitrogen and oxygen atoms in total. The van der Waals surface area contributed by atoms with Gasteiger partial charge in [-0.2, -0.15) is 0 Å². The van der Waals surface area contributed by atoms with Crippen molar-refractivity contribution in [2.45, 2.75) is 13.1 Å². The summed E-state index contributed by atoms with van der Waals surface area (Å²) in [5, 5.41) is 4.23. The van der Waals surface area contributed by atoms with Crippen LogP contribution in [0.15, 0.2) is 53.6 Å². The summed E-state index contributed by atoms with van der Waals surface area (Å²) in [5.41, 5.74) is 1.16. The van der Waals surface area contributed by atoms with Gasteiger partial charge in [-0.25, -0.2) is 4.98 Å². The number of nitrogens with zero attached hydrogens (tertiary/aromatic N) is 2. The molecular weight excluding hydrogens is 349 g/mol. The van der Waals surface area contributed by atoms with Gasteiger partial charge in [0.15, 0.2) is 0 Å². The third kappa shape index (κ3) is 3.75. The normalized spacial score (nSPS) is 10.8. The lowest BCUT2D eigenvalue weighted by atomic mass is 10.2. The molecule has 3 rings (SSSR count). The second-order valence-electron chi connectivity index (χ2n) is 5.24. The van der Waals surface area contributed by atoms with Crippen LogP contribution in [-0.4, -0.2) is 15.5 Å². The third-order valence-electron chi connectivity index (χ3n) is 3.50. The summed E-state index contributed by atoms with van der Waals surface area (Å²) >= 11 is 11.7. The van der Waals surface area contributed by atoms with Crippen molar-refractivity contribution in [1.82, 2.24) is 14.9 Å². The van der Waals surface area contributed by atoms with E-state index in [1.165, 1.54) is 10.9 Å². The van der Waals surface area contributed by atoms with E-state index < -0.39 is 0 Å². The molecule has 0 spiro atoms. The summed E-state index contributed by atoms with van der Waals surface area (Å²) in [6.45, 7) is 0.249. The number of nitrogens with one attached hydrogen (secondary N) is 1. The zero-order valence-corrected chi connectivity index (χ0v) is 14.0. The fourth-order valence-corrected chi connectivity index (χ4v) is 2.56. The monoisotopic (exact) mass is 361 g/mol. The van der Waals surface area contributed by atoms with Crippen molar-refractivity contribution >= 4 is 40.0 Å². The number of hydrogen-bond donors (Lipinski definition) is 1. The van der Waals surface area contributed by atoms with Gasteiger partial charge in [0.25, 0.3) is 5.56 Å². The van der Waals surface area contributed by atoms with Crippen LogP contribution < -0.4 is 10.9 Å². The molecule has 0 unspecified atom stereocenters. The van der Waals surface area contributed by atoms with Crippen LogP contribution in [0.5, 0.6) is 0 Å². The first kappa shape index (κ1) is 16.5. The minimum atomic E-state index is -0.302. The van der Waals surface area contributed by atoms with Crippen molar-refractivity contribution in [1.29, 1.82) is 0 Å². The number of carbonyl (C=O) groups is 1. The Labute approximate surface area is 147 Å². The molecule has 0 bridgehead atoms. The van der Waals surface area contributed by atoms with Crippen molar-refractivity contribution in [3.8, 4) is 0 Å². The van der Waals surface area contributed by atoms with E-state index in [2.05, 4.69) is 10.3 Å². The maximum atomic E-state index is 12.4. The summed E-state index contributed by atoms with van der Waals surface area (Å²) in [6, 6.07) is 12.1. The molecule has 0 saturated heterocycles. The van der Waals surface area contributed by atoms with Crippen LogP contribution in [0, 0.1) is 0 Å². The number of amides is 1. The van der Waals surface area contributed by atoms with Gasteiger partial charge in [0.2, 0.25) is 5.91 Å². The zero-order valence-electron chi connectivity index (χ0n) is 12.5. The van der Waals surface area contributed by atoms with Gasteiger partial charge in [0, 0.05) is 16.6 Å².